The van der Waals surface area contributed by atoms with E-state index in [-0.39, 0.29) is 12.3 Å². The van der Waals surface area contributed by atoms with Gasteiger partial charge in [0.25, 0.3) is 0 Å². The zero-order valence-electron chi connectivity index (χ0n) is 11.5. The molecule has 1 amide bonds. The van der Waals surface area contributed by atoms with Crippen molar-refractivity contribution >= 4 is 11.7 Å². The fourth-order valence-electron chi connectivity index (χ4n) is 2.42. The monoisotopic (exact) mass is 274 g/mol. The van der Waals surface area contributed by atoms with E-state index in [1.165, 1.54) is 17.6 Å². The lowest BCUT2D eigenvalue weighted by Crippen LogP contribution is -2.15. The highest BCUT2D eigenvalue weighted by Gasteiger charge is 2.14. The van der Waals surface area contributed by atoms with E-state index in [0.717, 1.165) is 24.5 Å². The van der Waals surface area contributed by atoms with Crippen LogP contribution >= 0.6 is 0 Å². The van der Waals surface area contributed by atoms with Crippen molar-refractivity contribution in [3.05, 3.63) is 23.9 Å². The number of aromatic nitrogens is 5. The molecular formula is C13H18N6O. The molecule has 0 bridgehead atoms. The van der Waals surface area contributed by atoms with Gasteiger partial charge in [0.15, 0.2) is 5.82 Å². The van der Waals surface area contributed by atoms with Gasteiger partial charge < -0.3 is 9.88 Å². The highest BCUT2D eigenvalue weighted by Crippen LogP contribution is 2.15. The Kier molecular flexibility index (Phi) is 3.49. The van der Waals surface area contributed by atoms with E-state index in [0.29, 0.717) is 12.4 Å². The van der Waals surface area contributed by atoms with Crippen LogP contribution in [0.5, 0.6) is 0 Å². The van der Waals surface area contributed by atoms with Crippen LogP contribution in [0, 0.1) is 0 Å². The quantitative estimate of drug-likeness (QED) is 0.902. The Morgan fingerprint density at radius 2 is 2.35 bits per heavy atom. The molecule has 7 nitrogen and oxygen atoms in total. The maximum Gasteiger partial charge on any atom is 0.231 e. The van der Waals surface area contributed by atoms with Crippen LogP contribution in [0.2, 0.25) is 0 Å². The average molecular weight is 274 g/mol. The summed E-state index contributed by atoms with van der Waals surface area (Å²) in [6.07, 6.45) is 7.19. The molecule has 106 valence electrons. The molecule has 0 saturated carbocycles. The number of carbonyl (C=O) groups is 1. The number of hydrogen-bond donors (Lipinski definition) is 1. The lowest BCUT2D eigenvalue weighted by molar-refractivity contribution is -0.115. The highest BCUT2D eigenvalue weighted by molar-refractivity contribution is 5.90. The first-order chi connectivity index (χ1) is 9.74. The van der Waals surface area contributed by atoms with E-state index in [1.807, 2.05) is 13.1 Å². The highest BCUT2D eigenvalue weighted by atomic mass is 16.1. The number of carbonyl (C=O) groups excluding carboxylic acids is 1. The molecule has 0 saturated heterocycles. The van der Waals surface area contributed by atoms with Crippen molar-refractivity contribution in [3.8, 4) is 0 Å². The van der Waals surface area contributed by atoms with Gasteiger partial charge >= 0.3 is 0 Å². The fraction of sp³-hybridized carbons (Fsp3) is 0.538. The third-order valence-electron chi connectivity index (χ3n) is 3.39. The van der Waals surface area contributed by atoms with Crippen LogP contribution in [0.3, 0.4) is 0 Å². The number of hydrogen-bond acceptors (Lipinski definition) is 4. The third kappa shape index (κ3) is 2.71. The van der Waals surface area contributed by atoms with Gasteiger partial charge in [0.05, 0.1) is 24.9 Å². The minimum atomic E-state index is -0.108. The maximum absolute atomic E-state index is 12.0. The molecule has 7 heteroatoms. The van der Waals surface area contributed by atoms with Crippen molar-refractivity contribution in [1.29, 1.82) is 0 Å². The van der Waals surface area contributed by atoms with E-state index in [2.05, 4.69) is 25.1 Å². The maximum atomic E-state index is 12.0. The van der Waals surface area contributed by atoms with E-state index in [9.17, 15) is 4.79 Å². The van der Waals surface area contributed by atoms with Gasteiger partial charge in [-0.3, -0.25) is 4.79 Å². The summed E-state index contributed by atoms with van der Waals surface area (Å²) in [5.74, 6) is 1.47. The molecule has 1 N–H and O–H groups in total. The molecule has 0 unspecified atom stereocenters. The van der Waals surface area contributed by atoms with Crippen LogP contribution in [-0.4, -0.2) is 30.5 Å². The van der Waals surface area contributed by atoms with Crippen LogP contribution in [0.15, 0.2) is 12.4 Å². The molecule has 3 heterocycles. The van der Waals surface area contributed by atoms with Gasteiger partial charge in [-0.25, -0.2) is 4.98 Å². The molecule has 0 aliphatic carbocycles. The van der Waals surface area contributed by atoms with Crippen molar-refractivity contribution in [2.24, 2.45) is 0 Å². The summed E-state index contributed by atoms with van der Waals surface area (Å²) in [4.78, 5) is 18.0. The summed E-state index contributed by atoms with van der Waals surface area (Å²) in [6.45, 7) is 3.64. The van der Waals surface area contributed by atoms with E-state index in [4.69, 9.17) is 0 Å². The van der Waals surface area contributed by atoms with Gasteiger partial charge in [-0.05, 0) is 19.8 Å². The number of anilines is 1. The molecule has 3 rings (SSSR count). The molecule has 0 radical (unpaired) electrons. The smallest absolute Gasteiger partial charge is 0.231 e. The minimum absolute atomic E-state index is 0.108. The Labute approximate surface area is 117 Å². The summed E-state index contributed by atoms with van der Waals surface area (Å²) in [5.41, 5.74) is 0.822. The van der Waals surface area contributed by atoms with Crippen LogP contribution in [0.1, 0.15) is 31.3 Å². The molecular weight excluding hydrogens is 256 g/mol. The van der Waals surface area contributed by atoms with Gasteiger partial charge in [0.2, 0.25) is 5.91 Å². The van der Waals surface area contributed by atoms with Crippen molar-refractivity contribution in [2.45, 2.75) is 45.7 Å². The molecule has 0 spiro atoms. The molecule has 0 aromatic carbocycles. The normalized spacial score (nSPS) is 14.1. The molecule has 1 aliphatic heterocycles. The number of nitrogens with zero attached hydrogens (tertiary/aromatic N) is 5. The summed E-state index contributed by atoms with van der Waals surface area (Å²) in [7, 11) is 0. The third-order valence-corrected chi connectivity index (χ3v) is 3.39. The zero-order valence-corrected chi connectivity index (χ0v) is 11.5. The Balaban J connectivity index is 1.62. The Bertz CT molecular complexity index is 591. The lowest BCUT2D eigenvalue weighted by Gasteiger charge is -2.11. The van der Waals surface area contributed by atoms with Gasteiger partial charge in [-0.1, -0.05) is 0 Å². The Hall–Kier alpha value is -2.18. The number of aryl methyl sites for hydroxylation is 3. The number of imidazole rings is 1. The predicted octanol–water partition coefficient (Wildman–Crippen LogP) is 1.01. The van der Waals surface area contributed by atoms with Crippen molar-refractivity contribution in [1.82, 2.24) is 24.5 Å². The second-order valence-electron chi connectivity index (χ2n) is 4.94. The van der Waals surface area contributed by atoms with Crippen LogP contribution in [-0.2, 0) is 30.7 Å². The Morgan fingerprint density at radius 3 is 3.10 bits per heavy atom. The van der Waals surface area contributed by atoms with Crippen molar-refractivity contribution in [3.63, 3.8) is 0 Å². The van der Waals surface area contributed by atoms with Gasteiger partial charge in [-0.15, -0.1) is 5.10 Å². The second kappa shape index (κ2) is 5.44. The number of fused-ring (bicyclic) bond motifs is 1. The number of nitrogens with one attached hydrogen (secondary N) is 1. The minimum Gasteiger partial charge on any atom is -0.335 e. The predicted molar refractivity (Wildman–Crippen MR) is 73.2 cm³/mol. The van der Waals surface area contributed by atoms with Crippen LogP contribution in [0.25, 0.3) is 0 Å². The number of rotatable bonds is 4. The molecule has 2 aromatic heterocycles. The van der Waals surface area contributed by atoms with E-state index < -0.39 is 0 Å². The Morgan fingerprint density at radius 1 is 1.45 bits per heavy atom. The molecule has 0 atom stereocenters. The fourth-order valence-corrected chi connectivity index (χ4v) is 2.42. The van der Waals surface area contributed by atoms with Crippen molar-refractivity contribution < 1.29 is 4.79 Å². The first-order valence-corrected chi connectivity index (χ1v) is 6.99. The lowest BCUT2D eigenvalue weighted by atomic mass is 10.2. The van der Waals surface area contributed by atoms with Gasteiger partial charge in [0.1, 0.15) is 5.82 Å². The summed E-state index contributed by atoms with van der Waals surface area (Å²) in [5, 5.41) is 10.9. The summed E-state index contributed by atoms with van der Waals surface area (Å²) < 4.78 is 2.15. The van der Waals surface area contributed by atoms with E-state index >= 15 is 0 Å². The van der Waals surface area contributed by atoms with Crippen molar-refractivity contribution in [2.75, 3.05) is 5.32 Å². The standard InChI is InChI=1S/C13H18N6O/c1-2-19-14-8-11(17-19)16-13(20)7-10-9-18-6-4-3-5-12(18)15-10/h8-9H,2-7H2,1H3,(H,16,17,20). The number of amides is 1. The zero-order chi connectivity index (χ0) is 13.9. The SMILES string of the molecule is CCn1ncc(NC(=O)Cc2cn3c(n2)CCCC3)n1. The topological polar surface area (TPSA) is 77.6 Å². The van der Waals surface area contributed by atoms with Gasteiger partial charge in [0, 0.05) is 19.2 Å². The molecule has 1 aliphatic rings. The average Bonchev–Trinajstić information content (AvgIpc) is 3.04. The first-order valence-electron chi connectivity index (χ1n) is 6.99. The van der Waals surface area contributed by atoms with E-state index in [1.54, 1.807) is 6.20 Å². The largest absolute Gasteiger partial charge is 0.335 e. The summed E-state index contributed by atoms with van der Waals surface area (Å²) >= 11 is 0. The van der Waals surface area contributed by atoms with Crippen LogP contribution < -0.4 is 5.32 Å². The van der Waals surface area contributed by atoms with Gasteiger partial charge in [-0.2, -0.15) is 9.90 Å². The summed E-state index contributed by atoms with van der Waals surface area (Å²) in [6, 6.07) is 0. The van der Waals surface area contributed by atoms with Crippen LogP contribution in [0.4, 0.5) is 5.82 Å². The second-order valence-corrected chi connectivity index (χ2v) is 4.94. The molecule has 0 fully saturated rings. The first kappa shape index (κ1) is 12.8. The molecule has 2 aromatic rings. The molecule has 20 heavy (non-hydrogen) atoms.